The van der Waals surface area contributed by atoms with Crippen LogP contribution in [0.2, 0.25) is 0 Å². The highest BCUT2D eigenvalue weighted by Crippen LogP contribution is 2.41. The molecule has 0 heterocycles. The monoisotopic (exact) mass is 530 g/mol. The second-order valence-corrected chi connectivity index (χ2v) is 13.4. The van der Waals surface area contributed by atoms with Crippen LogP contribution in [0.5, 0.6) is 5.75 Å². The Morgan fingerprint density at radius 3 is 1.58 bits per heavy atom. The van der Waals surface area contributed by atoms with Crippen molar-refractivity contribution in [2.24, 2.45) is 22.7 Å². The van der Waals surface area contributed by atoms with Crippen LogP contribution in [-0.4, -0.2) is 16.2 Å². The van der Waals surface area contributed by atoms with Crippen molar-refractivity contribution >= 4 is 12.0 Å². The maximum atomic E-state index is 10.1. The fourth-order valence-corrected chi connectivity index (χ4v) is 5.19. The molecule has 1 aromatic rings. The van der Waals surface area contributed by atoms with Gasteiger partial charge in [-0.2, -0.15) is 0 Å². The van der Waals surface area contributed by atoms with E-state index in [2.05, 4.69) is 55.4 Å². The Labute approximate surface area is 236 Å². The minimum atomic E-state index is -0.983. The Bertz CT molecular complexity index is 734. The average Bonchev–Trinajstić information content (AvgIpc) is 2.82. The lowest BCUT2D eigenvalue weighted by Crippen LogP contribution is -2.28. The second kappa shape index (κ2) is 20.2. The van der Waals surface area contributed by atoms with Crippen molar-refractivity contribution in [1.82, 2.24) is 0 Å². The van der Waals surface area contributed by atoms with E-state index in [1.165, 1.54) is 108 Å². The minimum Gasteiger partial charge on any atom is -0.508 e. The molecule has 220 valence electrons. The van der Waals surface area contributed by atoms with E-state index < -0.39 is 5.97 Å². The number of phenolic OH excluding ortho intramolecular Hbond substituents is 1. The zero-order valence-corrected chi connectivity index (χ0v) is 26.3. The molecule has 38 heavy (non-hydrogen) atoms. The molecule has 0 saturated carbocycles. The largest absolute Gasteiger partial charge is 0.508 e. The molecule has 1 rings (SSSR count). The number of rotatable bonds is 17. The van der Waals surface area contributed by atoms with Crippen LogP contribution < -0.4 is 0 Å². The van der Waals surface area contributed by atoms with Crippen LogP contribution in [-0.2, 0) is 4.79 Å². The van der Waals surface area contributed by atoms with E-state index in [-0.39, 0.29) is 5.75 Å². The van der Waals surface area contributed by atoms with Gasteiger partial charge in [-0.25, -0.2) is 4.79 Å². The highest BCUT2D eigenvalue weighted by atomic mass is 16.4. The third-order valence-corrected chi connectivity index (χ3v) is 7.98. The number of aliphatic carboxylic acids is 1. The summed E-state index contributed by atoms with van der Waals surface area (Å²) < 4.78 is 0. The number of unbranched alkanes of at least 4 members (excludes halogenated alkanes) is 10. The first-order chi connectivity index (χ1) is 17.8. The third kappa shape index (κ3) is 19.3. The topological polar surface area (TPSA) is 57.5 Å². The molecule has 0 aromatic heterocycles. The van der Waals surface area contributed by atoms with Crippen LogP contribution in [0.25, 0.3) is 6.08 Å². The van der Waals surface area contributed by atoms with Crippen LogP contribution in [0.4, 0.5) is 0 Å². The van der Waals surface area contributed by atoms with E-state index in [9.17, 15) is 4.79 Å². The Balaban J connectivity index is 0.000000942. The van der Waals surface area contributed by atoms with Crippen molar-refractivity contribution in [3.63, 3.8) is 0 Å². The molecule has 3 nitrogen and oxygen atoms in total. The molecule has 0 spiro atoms. The highest BCUT2D eigenvalue weighted by molar-refractivity contribution is 5.85. The van der Waals surface area contributed by atoms with Crippen LogP contribution in [0, 0.1) is 22.7 Å². The lowest BCUT2D eigenvalue weighted by Gasteiger charge is -2.38. The van der Waals surface area contributed by atoms with Gasteiger partial charge in [0.15, 0.2) is 0 Å². The summed E-state index contributed by atoms with van der Waals surface area (Å²) in [6.07, 6.45) is 22.6. The van der Waals surface area contributed by atoms with Gasteiger partial charge in [-0.3, -0.25) is 0 Å². The fraction of sp³-hybridized carbons (Fsp3) is 0.743. The third-order valence-electron chi connectivity index (χ3n) is 7.98. The number of carboxylic acid groups (broad SMARTS) is 1. The average molecular weight is 531 g/mol. The molecular formula is C35H62O3. The zero-order chi connectivity index (χ0) is 29.0. The first kappa shape index (κ1) is 36.2. The Morgan fingerprint density at radius 2 is 1.18 bits per heavy atom. The summed E-state index contributed by atoms with van der Waals surface area (Å²) in [5.41, 5.74) is 1.65. The van der Waals surface area contributed by atoms with Gasteiger partial charge in [0.1, 0.15) is 5.75 Å². The summed E-state index contributed by atoms with van der Waals surface area (Å²) in [6.45, 7) is 19.4. The molecule has 1 aromatic carbocycles. The van der Waals surface area contributed by atoms with Crippen LogP contribution in [0.1, 0.15) is 151 Å². The lowest BCUT2D eigenvalue weighted by molar-refractivity contribution is -0.131. The molecule has 0 aliphatic heterocycles. The molecule has 2 atom stereocenters. The Kier molecular flexibility index (Phi) is 19.2. The summed E-state index contributed by atoms with van der Waals surface area (Å²) in [5.74, 6) is 0.926. The molecule has 0 bridgehead atoms. The number of carboxylic acids is 1. The van der Waals surface area contributed by atoms with Gasteiger partial charge in [0.05, 0.1) is 0 Å². The molecule has 2 unspecified atom stereocenters. The highest BCUT2D eigenvalue weighted by Gasteiger charge is 2.31. The molecule has 0 saturated heterocycles. The summed E-state index contributed by atoms with van der Waals surface area (Å²) in [4.78, 5) is 10.1. The van der Waals surface area contributed by atoms with E-state index in [0.717, 1.165) is 23.5 Å². The summed E-state index contributed by atoms with van der Waals surface area (Å²) in [5, 5.41) is 17.2. The van der Waals surface area contributed by atoms with Gasteiger partial charge >= 0.3 is 5.97 Å². The van der Waals surface area contributed by atoms with E-state index in [4.69, 9.17) is 10.2 Å². The first-order valence-electron chi connectivity index (χ1n) is 15.5. The van der Waals surface area contributed by atoms with Crippen molar-refractivity contribution in [2.45, 2.75) is 145 Å². The fourth-order valence-electron chi connectivity index (χ4n) is 5.19. The lowest BCUT2D eigenvalue weighted by atomic mass is 9.67. The summed E-state index contributed by atoms with van der Waals surface area (Å²) >= 11 is 0. The first-order valence-corrected chi connectivity index (χ1v) is 15.5. The van der Waals surface area contributed by atoms with Crippen molar-refractivity contribution in [3.05, 3.63) is 35.9 Å². The van der Waals surface area contributed by atoms with E-state index in [0.29, 0.717) is 10.8 Å². The molecule has 0 aliphatic rings. The van der Waals surface area contributed by atoms with Gasteiger partial charge in [-0.15, -0.1) is 0 Å². The number of hydrogen-bond acceptors (Lipinski definition) is 2. The molecule has 0 radical (unpaired) electrons. The van der Waals surface area contributed by atoms with Gasteiger partial charge in [0, 0.05) is 6.08 Å². The quantitative estimate of drug-likeness (QED) is 0.155. The van der Waals surface area contributed by atoms with Crippen LogP contribution in [0.15, 0.2) is 30.3 Å². The summed E-state index contributed by atoms with van der Waals surface area (Å²) in [6, 6.07) is 6.27. The number of phenols is 1. The van der Waals surface area contributed by atoms with Gasteiger partial charge in [0.2, 0.25) is 0 Å². The predicted molar refractivity (Wildman–Crippen MR) is 167 cm³/mol. The van der Waals surface area contributed by atoms with Crippen molar-refractivity contribution < 1.29 is 15.0 Å². The summed E-state index contributed by atoms with van der Waals surface area (Å²) in [7, 11) is 0. The molecule has 0 amide bonds. The predicted octanol–water partition coefficient (Wildman–Crippen LogP) is 11.3. The Morgan fingerprint density at radius 1 is 0.737 bits per heavy atom. The number of benzene rings is 1. The zero-order valence-electron chi connectivity index (χ0n) is 26.3. The Hall–Kier alpha value is -1.77. The molecule has 3 heteroatoms. The molecule has 0 fully saturated rings. The van der Waals surface area contributed by atoms with Crippen LogP contribution in [0.3, 0.4) is 0 Å². The van der Waals surface area contributed by atoms with Crippen LogP contribution >= 0.6 is 0 Å². The van der Waals surface area contributed by atoms with Crippen molar-refractivity contribution in [3.8, 4) is 5.75 Å². The molecule has 2 N–H and O–H groups in total. The minimum absolute atomic E-state index is 0.169. The number of aromatic hydroxyl groups is 1. The van der Waals surface area contributed by atoms with E-state index in [1.807, 2.05) is 0 Å². The van der Waals surface area contributed by atoms with Crippen molar-refractivity contribution in [2.75, 3.05) is 0 Å². The van der Waals surface area contributed by atoms with Gasteiger partial charge < -0.3 is 10.2 Å². The van der Waals surface area contributed by atoms with E-state index in [1.54, 1.807) is 12.1 Å². The van der Waals surface area contributed by atoms with Gasteiger partial charge in [-0.1, -0.05) is 145 Å². The second-order valence-electron chi connectivity index (χ2n) is 13.4. The number of hydrogen-bond donors (Lipinski definition) is 2. The molecular weight excluding hydrogens is 468 g/mol. The standard InChI is InChI=1S/C26H54.C9H8O3/c1-9-11-12-13-14-15-16-17-18-19-20-21-24(26(6,7)8)22-23(10-2)25(3,4)5;10-8-4-1-7(2-5-8)3-6-9(11)12/h23-24H,9-22H2,1-8H3;1-6,10H,(H,11,12). The maximum absolute atomic E-state index is 10.1. The van der Waals surface area contributed by atoms with E-state index >= 15 is 0 Å². The molecule has 0 aliphatic carbocycles. The van der Waals surface area contributed by atoms with Gasteiger partial charge in [-0.05, 0) is 59.3 Å². The maximum Gasteiger partial charge on any atom is 0.328 e. The normalized spacial score (nSPS) is 13.7. The van der Waals surface area contributed by atoms with Crippen molar-refractivity contribution in [1.29, 1.82) is 0 Å². The number of carbonyl (C=O) groups is 1. The SMILES string of the molecule is CCCCCCCCCCCCCC(CC(CC)C(C)(C)C)C(C)(C)C.O=C(O)C=Cc1ccc(O)cc1. The smallest absolute Gasteiger partial charge is 0.328 e. The van der Waals surface area contributed by atoms with Gasteiger partial charge in [0.25, 0.3) is 0 Å².